The number of aliphatic hydroxyl groups excluding tert-OH is 1. The highest BCUT2D eigenvalue weighted by Crippen LogP contribution is 2.27. The van der Waals surface area contributed by atoms with E-state index in [0.717, 1.165) is 5.56 Å². The molecule has 2 N–H and O–H groups in total. The molecule has 0 radical (unpaired) electrons. The molecule has 0 saturated carbocycles. The second-order valence-corrected chi connectivity index (χ2v) is 6.64. The van der Waals surface area contributed by atoms with Gasteiger partial charge in [0.1, 0.15) is 4.47 Å². The van der Waals surface area contributed by atoms with E-state index >= 15 is 0 Å². The lowest BCUT2D eigenvalue weighted by Crippen LogP contribution is -2.29. The Labute approximate surface area is 150 Å². The van der Waals surface area contributed by atoms with Crippen molar-refractivity contribution < 1.29 is 14.6 Å². The van der Waals surface area contributed by atoms with E-state index in [2.05, 4.69) is 40.2 Å². The molecule has 0 aliphatic carbocycles. The fraction of sp³-hybridized carbons (Fsp3) is 0.412. The Hall–Kier alpha value is -1.86. The van der Waals surface area contributed by atoms with E-state index in [9.17, 15) is 9.90 Å². The standard InChI is InChI=1S/C17H22BrN3O3/c1-10(2)11-5-7-12(8-6-11)13(22)9-19-16(23)15-14(18)17(24-4)21(3)20-15/h5-8,10,13,22H,9H2,1-4H3,(H,19,23). The molecule has 0 aliphatic heterocycles. The van der Waals surface area contributed by atoms with Gasteiger partial charge in [-0.1, -0.05) is 38.1 Å². The van der Waals surface area contributed by atoms with Crippen LogP contribution in [0.1, 0.15) is 47.5 Å². The number of aliphatic hydroxyl groups is 1. The SMILES string of the molecule is COc1c(Br)c(C(=O)NCC(O)c2ccc(C(C)C)cc2)nn1C. The van der Waals surface area contributed by atoms with Crippen LogP contribution in [0.2, 0.25) is 0 Å². The molecule has 0 aliphatic rings. The second kappa shape index (κ2) is 7.81. The lowest BCUT2D eigenvalue weighted by molar-refractivity contribution is 0.0910. The number of rotatable bonds is 6. The van der Waals surface area contributed by atoms with Crippen molar-refractivity contribution in [1.29, 1.82) is 0 Å². The third-order valence-electron chi connectivity index (χ3n) is 3.79. The highest BCUT2D eigenvalue weighted by atomic mass is 79.9. The monoisotopic (exact) mass is 395 g/mol. The van der Waals surface area contributed by atoms with Gasteiger partial charge >= 0.3 is 0 Å². The molecule has 130 valence electrons. The minimum absolute atomic E-state index is 0.102. The normalized spacial score (nSPS) is 12.3. The third kappa shape index (κ3) is 3.96. The number of nitrogens with zero attached hydrogens (tertiary/aromatic N) is 2. The van der Waals surface area contributed by atoms with E-state index in [-0.39, 0.29) is 18.1 Å². The van der Waals surface area contributed by atoms with E-state index in [1.807, 2.05) is 24.3 Å². The number of carbonyl (C=O) groups excluding carboxylic acids is 1. The predicted molar refractivity (Wildman–Crippen MR) is 95.3 cm³/mol. The molecular formula is C17H22BrN3O3. The summed E-state index contributed by atoms with van der Waals surface area (Å²) in [5, 5.41) is 17.0. The number of nitrogens with one attached hydrogen (secondary N) is 1. The molecule has 24 heavy (non-hydrogen) atoms. The number of benzene rings is 1. The summed E-state index contributed by atoms with van der Waals surface area (Å²) >= 11 is 3.30. The van der Waals surface area contributed by atoms with Gasteiger partial charge < -0.3 is 15.2 Å². The number of hydrogen-bond donors (Lipinski definition) is 2. The Kier molecular flexibility index (Phi) is 6.01. The summed E-state index contributed by atoms with van der Waals surface area (Å²) in [6, 6.07) is 7.74. The van der Waals surface area contributed by atoms with E-state index in [0.29, 0.717) is 16.3 Å². The zero-order valence-electron chi connectivity index (χ0n) is 14.2. The van der Waals surface area contributed by atoms with Crippen LogP contribution in [0.15, 0.2) is 28.7 Å². The number of aromatic nitrogens is 2. The van der Waals surface area contributed by atoms with Crippen LogP contribution in [0.5, 0.6) is 5.88 Å². The summed E-state index contributed by atoms with van der Waals surface area (Å²) in [5.74, 6) is 0.524. The molecule has 2 rings (SSSR count). The van der Waals surface area contributed by atoms with Gasteiger partial charge in [-0.25, -0.2) is 4.68 Å². The Morgan fingerprint density at radius 1 is 1.33 bits per heavy atom. The number of methoxy groups -OCH3 is 1. The summed E-state index contributed by atoms with van der Waals surface area (Å²) in [5.41, 5.74) is 2.19. The summed E-state index contributed by atoms with van der Waals surface area (Å²) < 4.78 is 7.12. The molecular weight excluding hydrogens is 374 g/mol. The molecule has 2 aromatic rings. The van der Waals surface area contributed by atoms with Gasteiger partial charge in [0.05, 0.1) is 13.2 Å². The Morgan fingerprint density at radius 3 is 2.42 bits per heavy atom. The van der Waals surface area contributed by atoms with Crippen molar-refractivity contribution in [2.24, 2.45) is 7.05 Å². The van der Waals surface area contributed by atoms with Gasteiger partial charge in [0.25, 0.3) is 5.91 Å². The van der Waals surface area contributed by atoms with Gasteiger partial charge in [0.2, 0.25) is 5.88 Å². The fourth-order valence-corrected chi connectivity index (χ4v) is 3.02. The number of ether oxygens (including phenoxy) is 1. The number of aryl methyl sites for hydroxylation is 1. The Balaban J connectivity index is 2.00. The molecule has 1 amide bonds. The molecule has 1 unspecified atom stereocenters. The topological polar surface area (TPSA) is 76.4 Å². The molecule has 6 nitrogen and oxygen atoms in total. The maximum Gasteiger partial charge on any atom is 0.273 e. The summed E-state index contributed by atoms with van der Waals surface area (Å²) in [4.78, 5) is 12.2. The van der Waals surface area contributed by atoms with Gasteiger partial charge in [0.15, 0.2) is 5.69 Å². The van der Waals surface area contributed by atoms with E-state index in [1.54, 1.807) is 7.05 Å². The van der Waals surface area contributed by atoms with Gasteiger partial charge in [-0.2, -0.15) is 5.10 Å². The Bertz CT molecular complexity index is 711. The summed E-state index contributed by atoms with van der Waals surface area (Å²) in [7, 11) is 3.19. The zero-order chi connectivity index (χ0) is 17.9. The minimum atomic E-state index is -0.778. The average molecular weight is 396 g/mol. The summed E-state index contributed by atoms with van der Waals surface area (Å²) in [6.07, 6.45) is -0.778. The smallest absolute Gasteiger partial charge is 0.273 e. The van der Waals surface area contributed by atoms with Crippen molar-refractivity contribution in [1.82, 2.24) is 15.1 Å². The van der Waals surface area contributed by atoms with Gasteiger partial charge in [0, 0.05) is 13.6 Å². The maximum absolute atomic E-state index is 12.2. The molecule has 1 aromatic heterocycles. The molecule has 1 heterocycles. The van der Waals surface area contributed by atoms with Crippen LogP contribution in [0.4, 0.5) is 0 Å². The van der Waals surface area contributed by atoms with E-state index in [4.69, 9.17) is 4.74 Å². The molecule has 0 spiro atoms. The highest BCUT2D eigenvalue weighted by Gasteiger charge is 2.21. The Morgan fingerprint density at radius 2 is 1.92 bits per heavy atom. The number of amides is 1. The number of halogens is 1. The van der Waals surface area contributed by atoms with Gasteiger partial charge in [-0.15, -0.1) is 0 Å². The first-order valence-corrected chi connectivity index (χ1v) is 8.47. The van der Waals surface area contributed by atoms with Crippen molar-refractivity contribution in [3.05, 3.63) is 45.6 Å². The zero-order valence-corrected chi connectivity index (χ0v) is 15.8. The van der Waals surface area contributed by atoms with Crippen molar-refractivity contribution in [2.45, 2.75) is 25.9 Å². The maximum atomic E-state index is 12.2. The molecule has 1 aromatic carbocycles. The second-order valence-electron chi connectivity index (χ2n) is 5.84. The van der Waals surface area contributed by atoms with Crippen LogP contribution in [0.25, 0.3) is 0 Å². The predicted octanol–water partition coefficient (Wildman–Crippen LogP) is 2.78. The van der Waals surface area contributed by atoms with Crippen molar-refractivity contribution in [3.8, 4) is 5.88 Å². The van der Waals surface area contributed by atoms with Crippen LogP contribution in [-0.4, -0.2) is 34.4 Å². The van der Waals surface area contributed by atoms with Crippen LogP contribution >= 0.6 is 15.9 Å². The quantitative estimate of drug-likeness (QED) is 0.788. The third-order valence-corrected chi connectivity index (χ3v) is 4.51. The molecule has 1 atom stereocenters. The van der Waals surface area contributed by atoms with Crippen LogP contribution < -0.4 is 10.1 Å². The van der Waals surface area contributed by atoms with Crippen LogP contribution in [0, 0.1) is 0 Å². The van der Waals surface area contributed by atoms with Crippen LogP contribution in [0.3, 0.4) is 0 Å². The summed E-state index contributed by atoms with van der Waals surface area (Å²) in [6.45, 7) is 4.33. The average Bonchev–Trinajstić information content (AvgIpc) is 2.86. The lowest BCUT2D eigenvalue weighted by atomic mass is 10.00. The van der Waals surface area contributed by atoms with Crippen LogP contribution in [-0.2, 0) is 7.05 Å². The number of hydrogen-bond acceptors (Lipinski definition) is 4. The highest BCUT2D eigenvalue weighted by molar-refractivity contribution is 9.10. The molecule has 0 bridgehead atoms. The molecule has 0 fully saturated rings. The van der Waals surface area contributed by atoms with Crippen molar-refractivity contribution in [3.63, 3.8) is 0 Å². The number of carbonyl (C=O) groups is 1. The van der Waals surface area contributed by atoms with Gasteiger partial charge in [-0.05, 0) is 33.0 Å². The molecule has 7 heteroatoms. The lowest BCUT2D eigenvalue weighted by Gasteiger charge is -2.13. The first-order chi connectivity index (χ1) is 11.3. The fourth-order valence-electron chi connectivity index (χ4n) is 2.34. The van der Waals surface area contributed by atoms with E-state index in [1.165, 1.54) is 17.4 Å². The van der Waals surface area contributed by atoms with Crippen molar-refractivity contribution >= 4 is 21.8 Å². The first-order valence-electron chi connectivity index (χ1n) is 7.67. The first kappa shape index (κ1) is 18.5. The van der Waals surface area contributed by atoms with Gasteiger partial charge in [-0.3, -0.25) is 4.79 Å². The van der Waals surface area contributed by atoms with E-state index < -0.39 is 6.10 Å². The minimum Gasteiger partial charge on any atom is -0.480 e. The molecule has 0 saturated heterocycles. The van der Waals surface area contributed by atoms with Crippen molar-refractivity contribution in [2.75, 3.05) is 13.7 Å². The largest absolute Gasteiger partial charge is 0.480 e.